The van der Waals surface area contributed by atoms with Crippen LogP contribution in [0.3, 0.4) is 0 Å². The van der Waals surface area contributed by atoms with Gasteiger partial charge in [0, 0.05) is 31.9 Å². The summed E-state index contributed by atoms with van der Waals surface area (Å²) in [6.45, 7) is 2.26. The van der Waals surface area contributed by atoms with Crippen LogP contribution in [0.5, 0.6) is 0 Å². The van der Waals surface area contributed by atoms with Crippen molar-refractivity contribution in [3.8, 4) is 0 Å². The second-order valence-corrected chi connectivity index (χ2v) is 12.2. The maximum atomic E-state index is 12.5. The van der Waals surface area contributed by atoms with E-state index in [1.807, 2.05) is 12.1 Å². The van der Waals surface area contributed by atoms with Crippen LogP contribution in [0.15, 0.2) is 24.5 Å². The van der Waals surface area contributed by atoms with Crippen LogP contribution in [-0.4, -0.2) is 52.0 Å². The number of carbonyl (C=O) groups is 2. The zero-order valence-electron chi connectivity index (χ0n) is 21.6. The number of carboxylic acid groups (broad SMARTS) is 1. The fraction of sp³-hybridized carbons (Fsp3) is 0.759. The van der Waals surface area contributed by atoms with Gasteiger partial charge in [-0.15, -0.1) is 12.4 Å². The van der Waals surface area contributed by atoms with Gasteiger partial charge in [0.15, 0.2) is 0 Å². The predicted molar refractivity (Wildman–Crippen MR) is 142 cm³/mol. The molecule has 5 fully saturated rings. The van der Waals surface area contributed by atoms with Crippen molar-refractivity contribution in [3.63, 3.8) is 0 Å². The maximum Gasteiger partial charge on any atom is 0.324 e. The summed E-state index contributed by atoms with van der Waals surface area (Å²) in [6, 6.07) is 3.99. The van der Waals surface area contributed by atoms with E-state index in [1.165, 1.54) is 44.1 Å². The summed E-state index contributed by atoms with van der Waals surface area (Å²) in [5, 5.41) is 14.6. The van der Waals surface area contributed by atoms with Gasteiger partial charge in [0.25, 0.3) is 0 Å². The number of carbonyl (C=O) groups excluding carboxylic acids is 1. The molecule has 6 rings (SSSR count). The average molecular weight is 517 g/mol. The minimum absolute atomic E-state index is 0. The number of pyridine rings is 1. The van der Waals surface area contributed by atoms with Gasteiger partial charge in [-0.05, 0) is 124 Å². The number of halogens is 1. The number of amides is 1. The van der Waals surface area contributed by atoms with Crippen LogP contribution < -0.4 is 5.32 Å². The van der Waals surface area contributed by atoms with Gasteiger partial charge in [0.05, 0.1) is 0 Å². The Hall–Kier alpha value is -1.66. The van der Waals surface area contributed by atoms with E-state index in [1.54, 1.807) is 12.4 Å². The van der Waals surface area contributed by atoms with Crippen molar-refractivity contribution in [1.29, 1.82) is 0 Å². The largest absolute Gasteiger partial charge is 0.480 e. The summed E-state index contributed by atoms with van der Waals surface area (Å²) < 4.78 is 0. The van der Waals surface area contributed by atoms with Crippen molar-refractivity contribution >= 4 is 24.3 Å². The Morgan fingerprint density at radius 2 is 1.69 bits per heavy atom. The fourth-order valence-corrected chi connectivity index (χ4v) is 8.49. The summed E-state index contributed by atoms with van der Waals surface area (Å²) in [5.41, 5.74) is 0.882. The molecular weight excluding hydrogens is 474 g/mol. The molecule has 7 heteroatoms. The minimum Gasteiger partial charge on any atom is -0.480 e. The molecule has 4 saturated carbocycles. The van der Waals surface area contributed by atoms with Crippen molar-refractivity contribution in [1.82, 2.24) is 15.2 Å². The van der Waals surface area contributed by atoms with Crippen LogP contribution in [0.4, 0.5) is 0 Å². The molecule has 199 valence electrons. The van der Waals surface area contributed by atoms with Gasteiger partial charge in [0.1, 0.15) is 5.54 Å². The Morgan fingerprint density at radius 3 is 2.33 bits per heavy atom. The molecule has 1 aromatic heterocycles. The van der Waals surface area contributed by atoms with Crippen LogP contribution in [-0.2, 0) is 16.0 Å². The molecule has 1 radical (unpaired) electrons. The molecule has 2 heterocycles. The smallest absolute Gasteiger partial charge is 0.324 e. The molecule has 1 aromatic rings. The first-order chi connectivity index (χ1) is 17.0. The Balaban J connectivity index is 0.00000304. The first kappa shape index (κ1) is 27.4. The van der Waals surface area contributed by atoms with Gasteiger partial charge in [-0.25, -0.2) is 0 Å². The molecule has 4 bridgehead atoms. The topological polar surface area (TPSA) is 84.6 Å². The lowest BCUT2D eigenvalue weighted by atomic mass is 9.49. The van der Waals surface area contributed by atoms with Gasteiger partial charge in [-0.2, -0.15) is 0 Å². The highest BCUT2D eigenvalue weighted by atomic mass is 35.5. The minimum atomic E-state index is -0.786. The highest BCUT2D eigenvalue weighted by Crippen LogP contribution is 2.61. The third-order valence-corrected chi connectivity index (χ3v) is 9.77. The first-order valence-corrected chi connectivity index (χ1v) is 14.0. The van der Waals surface area contributed by atoms with Gasteiger partial charge in [-0.3, -0.25) is 24.8 Å². The zero-order valence-corrected chi connectivity index (χ0v) is 22.4. The highest BCUT2D eigenvalue weighted by molar-refractivity contribution is 5.85. The molecule has 0 unspecified atom stereocenters. The van der Waals surface area contributed by atoms with Crippen LogP contribution in [0.1, 0.15) is 89.0 Å². The zero-order chi connectivity index (χ0) is 24.3. The Kier molecular flexibility index (Phi) is 8.98. The Bertz CT molecular complexity index is 860. The molecule has 1 saturated heterocycles. The van der Waals surface area contributed by atoms with E-state index >= 15 is 0 Å². The molecule has 5 aliphatic rings. The molecule has 4 aliphatic carbocycles. The molecule has 1 atom stereocenters. The summed E-state index contributed by atoms with van der Waals surface area (Å²) in [6.07, 6.45) is 18.1. The lowest BCUT2D eigenvalue weighted by molar-refractivity contribution is -0.150. The molecule has 0 aromatic carbocycles. The summed E-state index contributed by atoms with van der Waals surface area (Å²) in [4.78, 5) is 31.0. The number of hydrogen-bond donors (Lipinski definition) is 1. The Labute approximate surface area is 222 Å². The summed E-state index contributed by atoms with van der Waals surface area (Å²) in [5.74, 6) is 2.13. The monoisotopic (exact) mass is 516 g/mol. The third kappa shape index (κ3) is 6.07. The number of aliphatic carboxylic acids is 1. The standard InChI is InChI=1S/C29H42N3O3.ClH/c33-26(31-13-10-28-19-23-16-24(20-28)18-25(17-23)21-28)4-1-2-8-29(27(34)35)9-3-14-32(29)15-7-22-5-11-30-12-6-22;/h5-6,11-12,23-25H,1-4,7-10,13-21H2,(H,34,35);1H/t23?,24?,25?,28?,29-;/m0./s1. The normalized spacial score (nSPS) is 32.8. The van der Waals surface area contributed by atoms with Crippen LogP contribution in [0.25, 0.3) is 0 Å². The fourth-order valence-electron chi connectivity index (χ4n) is 8.49. The summed E-state index contributed by atoms with van der Waals surface area (Å²) >= 11 is 0. The predicted octanol–water partition coefficient (Wildman–Crippen LogP) is 5.26. The van der Waals surface area contributed by atoms with E-state index in [4.69, 9.17) is 0 Å². The lowest BCUT2D eigenvalue weighted by Crippen LogP contribution is -2.51. The SMILES string of the molecule is Cl.O=C(CCCC[C@@]1(C(=O)O)CCCN1CCc1ccncc1)[N]CCC12CC3CC(CC(C3)C1)C2. The van der Waals surface area contributed by atoms with Crippen molar-refractivity contribution in [2.24, 2.45) is 23.2 Å². The third-order valence-electron chi connectivity index (χ3n) is 9.77. The molecule has 0 spiro atoms. The van der Waals surface area contributed by atoms with E-state index in [2.05, 4.69) is 15.2 Å². The van der Waals surface area contributed by atoms with Crippen molar-refractivity contribution < 1.29 is 14.7 Å². The van der Waals surface area contributed by atoms with Gasteiger partial charge < -0.3 is 5.11 Å². The van der Waals surface area contributed by atoms with Crippen molar-refractivity contribution in [3.05, 3.63) is 30.1 Å². The molecule has 1 N–H and O–H groups in total. The lowest BCUT2D eigenvalue weighted by Gasteiger charge is -2.57. The maximum absolute atomic E-state index is 12.5. The number of unbranched alkanes of at least 4 members (excludes halogenated alkanes) is 1. The number of likely N-dealkylation sites (tertiary alicyclic amines) is 1. The van der Waals surface area contributed by atoms with Crippen LogP contribution in [0, 0.1) is 23.2 Å². The average Bonchev–Trinajstić information content (AvgIpc) is 3.24. The van der Waals surface area contributed by atoms with E-state index in [0.29, 0.717) is 31.2 Å². The van der Waals surface area contributed by atoms with E-state index in [9.17, 15) is 14.7 Å². The summed E-state index contributed by atoms with van der Waals surface area (Å²) in [7, 11) is 0. The highest BCUT2D eigenvalue weighted by Gasteiger charge is 2.50. The van der Waals surface area contributed by atoms with Gasteiger partial charge >= 0.3 is 5.97 Å². The molecule has 6 nitrogen and oxygen atoms in total. The van der Waals surface area contributed by atoms with Gasteiger partial charge in [0.2, 0.25) is 5.91 Å². The molecule has 1 aliphatic heterocycles. The van der Waals surface area contributed by atoms with E-state index in [-0.39, 0.29) is 18.3 Å². The number of carboxylic acids is 1. The van der Waals surface area contributed by atoms with E-state index < -0.39 is 11.5 Å². The Morgan fingerprint density at radius 1 is 1.03 bits per heavy atom. The second kappa shape index (κ2) is 11.8. The van der Waals surface area contributed by atoms with Crippen molar-refractivity contribution in [2.45, 2.75) is 95.4 Å². The van der Waals surface area contributed by atoms with Gasteiger partial charge in [-0.1, -0.05) is 6.42 Å². The number of rotatable bonds is 12. The van der Waals surface area contributed by atoms with Crippen molar-refractivity contribution in [2.75, 3.05) is 19.6 Å². The first-order valence-electron chi connectivity index (χ1n) is 14.0. The second-order valence-electron chi connectivity index (χ2n) is 12.2. The quantitative estimate of drug-likeness (QED) is 0.383. The van der Waals surface area contributed by atoms with Crippen LogP contribution >= 0.6 is 12.4 Å². The molecular formula is C29H43ClN3O3. The van der Waals surface area contributed by atoms with Crippen LogP contribution in [0.2, 0.25) is 0 Å². The molecule has 1 amide bonds. The van der Waals surface area contributed by atoms with E-state index in [0.717, 1.165) is 62.9 Å². The number of hydrogen-bond acceptors (Lipinski definition) is 4. The number of aromatic nitrogens is 1. The molecule has 36 heavy (non-hydrogen) atoms. The number of nitrogens with zero attached hydrogens (tertiary/aromatic N) is 3.